The van der Waals surface area contributed by atoms with Gasteiger partial charge in [0, 0.05) is 11.1 Å². The summed E-state index contributed by atoms with van der Waals surface area (Å²) in [5, 5.41) is 0. The highest BCUT2D eigenvalue weighted by Gasteiger charge is 2.33. The lowest BCUT2D eigenvalue weighted by Crippen LogP contribution is -2.31. The van der Waals surface area contributed by atoms with Crippen LogP contribution in [0, 0.1) is 0 Å². The molecule has 0 aliphatic heterocycles. The second kappa shape index (κ2) is 5.34. The van der Waals surface area contributed by atoms with Gasteiger partial charge in [0.25, 0.3) is 0 Å². The van der Waals surface area contributed by atoms with Gasteiger partial charge in [0.2, 0.25) is 0 Å². The van der Waals surface area contributed by atoms with Gasteiger partial charge >= 0.3 is 0 Å². The fraction of sp³-hybridized carbons (Fsp3) is 0.625. The van der Waals surface area contributed by atoms with Crippen LogP contribution in [0.4, 0.5) is 0 Å². The van der Waals surface area contributed by atoms with Gasteiger partial charge in [-0.25, -0.2) is 0 Å². The fourth-order valence-electron chi connectivity index (χ4n) is 2.99. The van der Waals surface area contributed by atoms with Crippen molar-refractivity contribution in [2.45, 2.75) is 58.5 Å². The Kier molecular flexibility index (Phi) is 4.18. The first kappa shape index (κ1) is 14.1. The third-order valence-electron chi connectivity index (χ3n) is 3.98. The van der Waals surface area contributed by atoms with Crippen molar-refractivity contribution >= 4 is 15.9 Å². The van der Waals surface area contributed by atoms with Crippen molar-refractivity contribution in [3.05, 3.63) is 33.3 Å². The van der Waals surface area contributed by atoms with Crippen LogP contribution in [0.3, 0.4) is 0 Å². The molecule has 2 rings (SSSR count). The molecule has 0 saturated heterocycles. The molecule has 1 aromatic carbocycles. The summed E-state index contributed by atoms with van der Waals surface area (Å²) in [5.41, 5.74) is 4.16. The van der Waals surface area contributed by atoms with Gasteiger partial charge in [-0.1, -0.05) is 35.8 Å². The van der Waals surface area contributed by atoms with E-state index in [9.17, 15) is 0 Å². The van der Waals surface area contributed by atoms with Gasteiger partial charge in [-0.05, 0) is 61.8 Å². The van der Waals surface area contributed by atoms with E-state index >= 15 is 0 Å². The molecule has 0 fully saturated rings. The van der Waals surface area contributed by atoms with Crippen LogP contribution in [0.5, 0.6) is 0 Å². The van der Waals surface area contributed by atoms with Crippen molar-refractivity contribution < 1.29 is 4.74 Å². The Morgan fingerprint density at radius 2 is 2.11 bits per heavy atom. The van der Waals surface area contributed by atoms with E-state index in [1.54, 1.807) is 0 Å². The van der Waals surface area contributed by atoms with Crippen molar-refractivity contribution in [3.8, 4) is 0 Å². The summed E-state index contributed by atoms with van der Waals surface area (Å²) in [7, 11) is 0. The average molecular weight is 311 g/mol. The maximum atomic E-state index is 6.06. The van der Waals surface area contributed by atoms with Crippen LogP contribution in [0.2, 0.25) is 0 Å². The quantitative estimate of drug-likeness (QED) is 0.749. The van der Waals surface area contributed by atoms with E-state index in [0.717, 1.165) is 13.0 Å². The van der Waals surface area contributed by atoms with Gasteiger partial charge in [-0.2, -0.15) is 0 Å². The van der Waals surface area contributed by atoms with E-state index in [-0.39, 0.29) is 5.60 Å². The predicted octanol–water partition coefficient (Wildman–Crippen LogP) is 5.16. The largest absolute Gasteiger partial charge is 0.371 e. The van der Waals surface area contributed by atoms with Crippen molar-refractivity contribution in [3.63, 3.8) is 0 Å². The molecule has 1 aliphatic rings. The minimum atomic E-state index is -0.0906. The zero-order chi connectivity index (χ0) is 13.3. The van der Waals surface area contributed by atoms with Gasteiger partial charge < -0.3 is 4.74 Å². The highest BCUT2D eigenvalue weighted by atomic mass is 79.9. The van der Waals surface area contributed by atoms with E-state index in [1.807, 2.05) is 0 Å². The van der Waals surface area contributed by atoms with Gasteiger partial charge in [0.1, 0.15) is 0 Å². The summed E-state index contributed by atoms with van der Waals surface area (Å²) in [5.74, 6) is 0.539. The van der Waals surface area contributed by atoms with Crippen LogP contribution in [0.1, 0.15) is 63.1 Å². The zero-order valence-corrected chi connectivity index (χ0v) is 13.4. The summed E-state index contributed by atoms with van der Waals surface area (Å²) in [6, 6.07) is 4.67. The van der Waals surface area contributed by atoms with Gasteiger partial charge in [0.15, 0.2) is 0 Å². The first-order valence-corrected chi connectivity index (χ1v) is 7.74. The van der Waals surface area contributed by atoms with Crippen molar-refractivity contribution in [1.82, 2.24) is 0 Å². The van der Waals surface area contributed by atoms with Crippen molar-refractivity contribution in [2.24, 2.45) is 0 Å². The molecule has 1 nitrogen and oxygen atoms in total. The second-order valence-corrected chi connectivity index (χ2v) is 6.56. The minimum Gasteiger partial charge on any atom is -0.371 e. The third kappa shape index (κ3) is 2.50. The Labute approximate surface area is 119 Å². The summed E-state index contributed by atoms with van der Waals surface area (Å²) >= 11 is 3.71. The molecular weight excluding hydrogens is 288 g/mol. The molecule has 0 bridgehead atoms. The summed E-state index contributed by atoms with van der Waals surface area (Å²) in [4.78, 5) is 0. The van der Waals surface area contributed by atoms with Crippen LogP contribution >= 0.6 is 15.9 Å². The topological polar surface area (TPSA) is 9.23 Å². The summed E-state index contributed by atoms with van der Waals surface area (Å²) in [6.07, 6.45) is 3.53. The van der Waals surface area contributed by atoms with Gasteiger partial charge in [0.05, 0.1) is 5.60 Å². The molecule has 1 unspecified atom stereocenters. The summed E-state index contributed by atoms with van der Waals surface area (Å²) < 4.78 is 7.30. The lowest BCUT2D eigenvalue weighted by Gasteiger charge is -2.36. The van der Waals surface area contributed by atoms with Gasteiger partial charge in [-0.3, -0.25) is 0 Å². The number of hydrogen-bond donors (Lipinski definition) is 0. The fourth-order valence-corrected chi connectivity index (χ4v) is 3.84. The van der Waals surface area contributed by atoms with Crippen molar-refractivity contribution in [1.29, 1.82) is 0 Å². The Morgan fingerprint density at radius 3 is 2.72 bits per heavy atom. The Bertz CT molecular complexity index is 439. The van der Waals surface area contributed by atoms with Gasteiger partial charge in [-0.15, -0.1) is 0 Å². The molecule has 1 aliphatic carbocycles. The van der Waals surface area contributed by atoms with Crippen LogP contribution in [0.15, 0.2) is 16.6 Å². The number of fused-ring (bicyclic) bond motifs is 1. The second-order valence-electron chi connectivity index (χ2n) is 5.70. The van der Waals surface area contributed by atoms with Crippen LogP contribution in [-0.2, 0) is 16.8 Å². The van der Waals surface area contributed by atoms with Crippen molar-refractivity contribution in [2.75, 3.05) is 6.61 Å². The molecule has 2 heteroatoms. The smallest absolute Gasteiger partial charge is 0.0906 e. The molecule has 0 spiro atoms. The lowest BCUT2D eigenvalue weighted by atomic mass is 9.78. The highest BCUT2D eigenvalue weighted by molar-refractivity contribution is 9.10. The molecule has 100 valence electrons. The Morgan fingerprint density at radius 1 is 1.39 bits per heavy atom. The van der Waals surface area contributed by atoms with E-state index in [0.29, 0.717) is 5.92 Å². The van der Waals surface area contributed by atoms with Crippen LogP contribution < -0.4 is 0 Å². The summed E-state index contributed by atoms with van der Waals surface area (Å²) in [6.45, 7) is 9.60. The zero-order valence-electron chi connectivity index (χ0n) is 11.8. The average Bonchev–Trinajstić information content (AvgIpc) is 2.28. The Hall–Kier alpha value is -0.340. The maximum Gasteiger partial charge on any atom is 0.0906 e. The molecule has 0 N–H and O–H groups in total. The molecule has 0 aromatic heterocycles. The predicted molar refractivity (Wildman–Crippen MR) is 80.1 cm³/mol. The molecule has 0 radical (unpaired) electrons. The van der Waals surface area contributed by atoms with E-state index in [4.69, 9.17) is 4.74 Å². The standard InChI is InChI=1S/C16H23BrO/c1-5-18-16(4)8-6-7-12-9-15(17)13(11(2)3)10-14(12)16/h9-11H,5-8H2,1-4H3. The number of halogens is 1. The maximum absolute atomic E-state index is 6.06. The first-order valence-electron chi connectivity index (χ1n) is 6.94. The number of ether oxygens (including phenoxy) is 1. The molecular formula is C16H23BrO. The first-order chi connectivity index (χ1) is 8.48. The SMILES string of the molecule is CCOC1(C)CCCc2cc(Br)c(C(C)C)cc21. The van der Waals surface area contributed by atoms with E-state index in [2.05, 4.69) is 55.8 Å². The van der Waals surface area contributed by atoms with Crippen LogP contribution in [-0.4, -0.2) is 6.61 Å². The third-order valence-corrected chi connectivity index (χ3v) is 4.66. The minimum absolute atomic E-state index is 0.0906. The van der Waals surface area contributed by atoms with Crippen LogP contribution in [0.25, 0.3) is 0 Å². The molecule has 0 saturated carbocycles. The molecule has 1 aromatic rings. The van der Waals surface area contributed by atoms with E-state index < -0.39 is 0 Å². The normalized spacial score (nSPS) is 23.2. The lowest BCUT2D eigenvalue weighted by molar-refractivity contribution is -0.0419. The number of aryl methyl sites for hydroxylation is 1. The number of hydrogen-bond acceptors (Lipinski definition) is 1. The molecule has 1 atom stereocenters. The van der Waals surface area contributed by atoms with E-state index in [1.165, 1.54) is 34.0 Å². The molecule has 0 amide bonds. The molecule has 18 heavy (non-hydrogen) atoms. The highest BCUT2D eigenvalue weighted by Crippen LogP contribution is 2.41. The number of benzene rings is 1. The Balaban J connectivity index is 2.52. The molecule has 0 heterocycles. The number of rotatable bonds is 3. The monoisotopic (exact) mass is 310 g/mol.